The molecule has 7 atom stereocenters. The molecule has 0 fully saturated rings. The van der Waals surface area contributed by atoms with Crippen LogP contribution in [0.3, 0.4) is 0 Å². The van der Waals surface area contributed by atoms with Gasteiger partial charge in [-0.25, -0.2) is 34.9 Å². The van der Waals surface area contributed by atoms with E-state index < -0.39 is 14.0 Å². The Balaban J connectivity index is 0.000000115. The summed E-state index contributed by atoms with van der Waals surface area (Å²) in [6.45, 7) is 25.3. The van der Waals surface area contributed by atoms with Crippen LogP contribution < -0.4 is 63.7 Å². The van der Waals surface area contributed by atoms with E-state index >= 15 is 0 Å². The van der Waals surface area contributed by atoms with Crippen molar-refractivity contribution in [1.82, 2.24) is 39.8 Å². The van der Waals surface area contributed by atoms with E-state index in [9.17, 15) is 0 Å². The molecule has 23 rings (SSSR count). The number of aryl methyl sites for hydroxylation is 7. The molecule has 7 aliphatic heterocycles. The molecule has 0 aliphatic carbocycles. The van der Waals surface area contributed by atoms with Crippen molar-refractivity contribution >= 4 is 126 Å². The normalized spacial score (nSPS) is 18.4. The predicted octanol–water partition coefficient (Wildman–Crippen LogP) is 27.0. The lowest BCUT2D eigenvalue weighted by atomic mass is 10.1. The number of nitrogens with zero attached hydrogens (tertiary/aromatic N) is 21. The Morgan fingerprint density at radius 2 is 0.445 bits per heavy atom. The fourth-order valence-electron chi connectivity index (χ4n) is 19.1. The number of aromatic nitrogens is 7. The van der Waals surface area contributed by atoms with E-state index in [1.807, 2.05) is 167 Å². The van der Waals surface area contributed by atoms with Gasteiger partial charge in [-0.2, -0.15) is 0 Å². The van der Waals surface area contributed by atoms with E-state index in [4.69, 9.17) is 8.22 Å². The Labute approximate surface area is 817 Å². The summed E-state index contributed by atoms with van der Waals surface area (Å²) in [5.41, 5.74) is 25.3. The molecule has 0 spiro atoms. The van der Waals surface area contributed by atoms with E-state index in [0.717, 1.165) is 97.4 Å². The van der Waals surface area contributed by atoms with Gasteiger partial charge in [0.15, 0.2) is 40.7 Å². The number of pyridine rings is 3. The predicted molar refractivity (Wildman–Crippen MR) is 571 cm³/mol. The minimum Gasteiger partial charge on any atom is -0.359 e. The van der Waals surface area contributed by atoms with Gasteiger partial charge in [-0.05, 0) is 263 Å². The summed E-state index contributed by atoms with van der Waals surface area (Å²) >= 11 is 0. The Bertz CT molecular complexity index is 6660. The van der Waals surface area contributed by atoms with Crippen LogP contribution in [0.5, 0.6) is 0 Å². The molecule has 0 bridgehead atoms. The standard InChI is InChI=1S/2C20H19N3.C19H18N4.C16H18N2.C15H17N3.C14H16N4.C12H16N2/c1-15-9-6-7-12-18(15)23-16(2)22(17-10-4-3-5-11-17)20-19(23)13-8-14-21-20;1-15-9-6-7-12-18(15)23-16(2)22(17-10-4-3-5-11-17)19-13-8-14-21-20(19)23;1-14-8-6-7-11-17(14)23-15(2)22(16-9-4-3-5-10-16)18-19(23)21-13-12-20-18;1-12-8-4-5-9-14(12)18-13(2)17(3)15-10-6-7-11-16(15)18;1-11-7-4-5-8-13(11)18-12(2)17(3)15-14(18)9-6-10-16-15;1-10-6-4-5-7-12(10)18-11(2)17(3)13-14(18)16-9-8-15-13;1-10-6-4-5-7-12(10)14-9-8-13(3)11(14)2/h2*3-14,16H,1-2H3;3-13,15H,1-2H3;4-11,13H,1-3H3;4-10,12H,1-3H3;4-9,11H,1-3H3;4-9,11H,1-3H3/i;;;3D3;;;3D3. The van der Waals surface area contributed by atoms with Gasteiger partial charge in [0, 0.05) is 149 Å². The Morgan fingerprint density at radius 1 is 0.190 bits per heavy atom. The molecule has 0 amide bonds. The molecular weight excluding hydrogens is 1690 g/mol. The topological polar surface area (TPSA) is 136 Å². The van der Waals surface area contributed by atoms with Crippen LogP contribution in [0, 0.1) is 48.5 Å². The maximum atomic E-state index is 7.83. The summed E-state index contributed by atoms with van der Waals surface area (Å²) in [4.78, 5) is 61.6. The zero-order chi connectivity index (χ0) is 101. The van der Waals surface area contributed by atoms with Crippen molar-refractivity contribution in [2.24, 2.45) is 0 Å². The minimum absolute atomic E-state index is 0.107. The highest BCUT2D eigenvalue weighted by atomic mass is 15.5. The van der Waals surface area contributed by atoms with Crippen LogP contribution in [-0.4, -0.2) is 111 Å². The fourth-order valence-corrected chi connectivity index (χ4v) is 19.1. The van der Waals surface area contributed by atoms with Gasteiger partial charge in [0.2, 0.25) is 0 Å². The first-order valence-electron chi connectivity index (χ1n) is 49.8. The van der Waals surface area contributed by atoms with Crippen molar-refractivity contribution in [2.75, 3.05) is 91.7 Å². The highest BCUT2D eigenvalue weighted by Crippen LogP contribution is 2.52. The Hall–Kier alpha value is -16.0. The lowest BCUT2D eigenvalue weighted by Gasteiger charge is -2.30. The first-order valence-corrected chi connectivity index (χ1v) is 46.8. The van der Waals surface area contributed by atoms with Crippen LogP contribution in [0.1, 0.15) is 95.6 Å². The number of hydrogen-bond donors (Lipinski definition) is 0. The highest BCUT2D eigenvalue weighted by molar-refractivity contribution is 5.91. The average Bonchev–Trinajstić information content (AvgIpc) is 1.61. The summed E-state index contributed by atoms with van der Waals surface area (Å²) in [5, 5.41) is 0. The van der Waals surface area contributed by atoms with E-state index in [2.05, 4.69) is 384 Å². The lowest BCUT2D eigenvalue weighted by Crippen LogP contribution is -2.36. The molecule has 11 aromatic carbocycles. The maximum absolute atomic E-state index is 7.83. The smallest absolute Gasteiger partial charge is 0.178 e. The summed E-state index contributed by atoms with van der Waals surface area (Å²) in [6, 6.07) is 110. The lowest BCUT2D eigenvalue weighted by molar-refractivity contribution is 0.383. The summed E-state index contributed by atoms with van der Waals surface area (Å²) in [5.74, 6) is 6.74. The van der Waals surface area contributed by atoms with Crippen LogP contribution in [0.4, 0.5) is 126 Å². The molecule has 21 nitrogen and oxygen atoms in total. The van der Waals surface area contributed by atoms with Gasteiger partial charge in [0.05, 0.1) is 28.4 Å². The molecule has 21 heteroatoms. The molecule has 5 aromatic heterocycles. The summed E-state index contributed by atoms with van der Waals surface area (Å²) in [6.07, 6.45) is 16.5. The number of benzene rings is 11. The van der Waals surface area contributed by atoms with Gasteiger partial charge in [0.1, 0.15) is 43.2 Å². The van der Waals surface area contributed by atoms with Crippen LogP contribution in [0.15, 0.2) is 377 Å². The average molecular weight is 1820 g/mol. The van der Waals surface area contributed by atoms with E-state index in [0.29, 0.717) is 0 Å². The minimum atomic E-state index is -2.16. The SMILES string of the molecule is Cc1ccccc1N1c2cccnc2N(C)C1C.Cc1ccccc1N1c2cccnc2N(c2ccccc2)C1C.Cc1ccccc1N1c2ncccc2N(c2ccccc2)C1C.Cc1ccccc1N1c2nccnc2N(C)C1C.Cc1ccccc1N1c2nccnc2N(c2ccccc2)C1C.[2H]C([2H])([2H])N1C=CN(c2ccccc2C)C1C.[2H]C([2H])([2H])N1c2ccccc2N(c2ccccc2C)C1C. The summed E-state index contributed by atoms with van der Waals surface area (Å²) < 4.78 is 45.8. The van der Waals surface area contributed by atoms with Gasteiger partial charge in [-0.1, -0.05) is 194 Å². The first-order chi connectivity index (χ1) is 69.0. The molecule has 0 N–H and O–H groups in total. The highest BCUT2D eigenvalue weighted by Gasteiger charge is 2.42. The zero-order valence-electron chi connectivity index (χ0n) is 86.7. The largest absolute Gasteiger partial charge is 0.359 e. The quantitative estimate of drug-likeness (QED) is 0.128. The third-order valence-corrected chi connectivity index (χ3v) is 26.4. The van der Waals surface area contributed by atoms with Crippen molar-refractivity contribution < 1.29 is 8.22 Å². The van der Waals surface area contributed by atoms with E-state index in [1.54, 1.807) is 31.0 Å². The van der Waals surface area contributed by atoms with Gasteiger partial charge < -0.3 is 68.6 Å². The van der Waals surface area contributed by atoms with Crippen LogP contribution in [-0.2, 0) is 0 Å². The number of hydrogen-bond acceptors (Lipinski definition) is 21. The summed E-state index contributed by atoms with van der Waals surface area (Å²) in [7, 11) is 4.14. The second-order valence-electron chi connectivity index (χ2n) is 34.9. The van der Waals surface area contributed by atoms with Crippen molar-refractivity contribution in [1.29, 1.82) is 0 Å². The maximum Gasteiger partial charge on any atom is 0.178 e. The fraction of sp³-hybridized carbons (Fsp3) is 0.216. The van der Waals surface area contributed by atoms with Crippen molar-refractivity contribution in [3.8, 4) is 0 Å². The number of rotatable bonds is 10. The van der Waals surface area contributed by atoms with Crippen LogP contribution >= 0.6 is 0 Å². The monoisotopic (exact) mass is 1820 g/mol. The van der Waals surface area contributed by atoms with Gasteiger partial charge in [-0.3, -0.25) is 0 Å². The van der Waals surface area contributed by atoms with E-state index in [1.165, 1.54) is 77.4 Å². The molecule has 7 aliphatic rings. The Morgan fingerprint density at radius 3 is 0.861 bits per heavy atom. The molecular formula is C116H123N21. The van der Waals surface area contributed by atoms with Crippen molar-refractivity contribution in [2.45, 2.75) is 140 Å². The van der Waals surface area contributed by atoms with Gasteiger partial charge in [-0.15, -0.1) is 0 Å². The van der Waals surface area contributed by atoms with Crippen molar-refractivity contribution in [3.63, 3.8) is 0 Å². The molecule has 0 radical (unpaired) electrons. The second-order valence-corrected chi connectivity index (χ2v) is 34.9. The number of fused-ring (bicyclic) bond motifs is 6. The molecule has 0 saturated carbocycles. The molecule has 12 heterocycles. The second kappa shape index (κ2) is 41.2. The number of anilines is 22. The number of para-hydroxylation sites is 12. The van der Waals surface area contributed by atoms with Gasteiger partial charge >= 0.3 is 0 Å². The van der Waals surface area contributed by atoms with Crippen molar-refractivity contribution in [3.05, 3.63) is 416 Å². The third kappa shape index (κ3) is 18.6. The molecule has 692 valence electrons. The molecule has 16 aromatic rings. The van der Waals surface area contributed by atoms with Gasteiger partial charge in [0.25, 0.3) is 0 Å². The molecule has 7 unspecified atom stereocenters. The van der Waals surface area contributed by atoms with E-state index in [-0.39, 0.29) is 43.2 Å². The zero-order valence-corrected chi connectivity index (χ0v) is 80.7. The molecule has 0 saturated heterocycles. The van der Waals surface area contributed by atoms with Crippen LogP contribution in [0.25, 0.3) is 0 Å². The van der Waals surface area contributed by atoms with Crippen LogP contribution in [0.2, 0.25) is 0 Å². The third-order valence-electron chi connectivity index (χ3n) is 26.4. The first kappa shape index (κ1) is 85.2. The Kier molecular flexibility index (Phi) is 25.6. The molecule has 137 heavy (non-hydrogen) atoms.